The van der Waals surface area contributed by atoms with E-state index in [0.717, 1.165) is 0 Å². The molecule has 0 bridgehead atoms. The van der Waals surface area contributed by atoms with Crippen LogP contribution < -0.4 is 0 Å². The van der Waals surface area contributed by atoms with E-state index in [4.69, 9.17) is 10.4 Å². The molecule has 0 aromatic rings. The van der Waals surface area contributed by atoms with E-state index in [2.05, 4.69) is 9.62 Å². The molecule has 0 aliphatic carbocycles. The summed E-state index contributed by atoms with van der Waals surface area (Å²) in [6, 6.07) is 0. The molecule has 0 rings (SSSR count). The lowest BCUT2D eigenvalue weighted by Gasteiger charge is -2.05. The van der Waals surface area contributed by atoms with Gasteiger partial charge in [0.05, 0.1) is 18.9 Å². The van der Waals surface area contributed by atoms with Gasteiger partial charge in [-0.15, -0.1) is 0 Å². The number of hydrogen-bond acceptors (Lipinski definition) is 6. The number of ether oxygens (including phenoxy) is 1. The van der Waals surface area contributed by atoms with Gasteiger partial charge in [0.1, 0.15) is 6.61 Å². The molecule has 0 amide bonds. The van der Waals surface area contributed by atoms with Crippen LogP contribution in [0.4, 0.5) is 0 Å². The fourth-order valence-corrected chi connectivity index (χ4v) is 0.535. The molecule has 1 atom stereocenters. The van der Waals surface area contributed by atoms with Crippen molar-refractivity contribution in [1.29, 1.82) is 0 Å². The van der Waals surface area contributed by atoms with E-state index >= 15 is 0 Å². The highest BCUT2D eigenvalue weighted by Gasteiger charge is 2.09. The number of aliphatic hydroxyl groups is 1. The Balaban J connectivity index is 3.46. The quantitative estimate of drug-likeness (QED) is 0.353. The third-order valence-corrected chi connectivity index (χ3v) is 1.12. The average Bonchev–Trinajstić information content (AvgIpc) is 2.10. The lowest BCUT2D eigenvalue weighted by atomic mass is 10.3. The van der Waals surface area contributed by atoms with Crippen LogP contribution >= 0.6 is 0 Å². The minimum absolute atomic E-state index is 0.104. The van der Waals surface area contributed by atoms with Crippen molar-refractivity contribution in [2.75, 3.05) is 6.61 Å². The van der Waals surface area contributed by atoms with Gasteiger partial charge in [0.2, 0.25) is 0 Å². The molecule has 0 radical (unpaired) electrons. The largest absolute Gasteiger partial charge is 0.463 e. The second kappa shape index (κ2) is 6.38. The topological polar surface area (TPSA) is 93.1 Å². The third-order valence-electron chi connectivity index (χ3n) is 1.12. The zero-order valence-corrected chi connectivity index (χ0v) is 7.23. The maximum atomic E-state index is 10.7. The summed E-state index contributed by atoms with van der Waals surface area (Å²) in [6.45, 7) is 1.36. The van der Waals surface area contributed by atoms with Crippen LogP contribution in [-0.4, -0.2) is 35.0 Å². The van der Waals surface area contributed by atoms with Gasteiger partial charge in [-0.2, -0.15) is 5.26 Å². The van der Waals surface area contributed by atoms with Crippen LogP contribution in [0.3, 0.4) is 0 Å². The van der Waals surface area contributed by atoms with Crippen molar-refractivity contribution in [2.45, 2.75) is 25.9 Å². The summed E-state index contributed by atoms with van der Waals surface area (Å²) in [6.07, 6.45) is -1.14. The molecule has 0 aliphatic rings. The first kappa shape index (κ1) is 11.9. The fourth-order valence-electron chi connectivity index (χ4n) is 0.535. The van der Waals surface area contributed by atoms with Gasteiger partial charge >= 0.3 is 11.9 Å². The van der Waals surface area contributed by atoms with Crippen molar-refractivity contribution in [1.82, 2.24) is 0 Å². The van der Waals surface area contributed by atoms with Crippen molar-refractivity contribution in [3.8, 4) is 0 Å². The molecule has 0 spiro atoms. The Morgan fingerprint density at radius 1 is 1.31 bits per heavy atom. The molecule has 0 saturated carbocycles. The van der Waals surface area contributed by atoms with Gasteiger partial charge in [0.15, 0.2) is 0 Å². The van der Waals surface area contributed by atoms with Gasteiger partial charge < -0.3 is 14.7 Å². The van der Waals surface area contributed by atoms with Crippen LogP contribution in [0.15, 0.2) is 0 Å². The molecular formula is C7H12O6. The summed E-state index contributed by atoms with van der Waals surface area (Å²) in [5.74, 6) is -1.51. The fraction of sp³-hybridized carbons (Fsp3) is 0.714. The number of hydrogen-bond donors (Lipinski definition) is 2. The Morgan fingerprint density at radius 3 is 2.31 bits per heavy atom. The summed E-state index contributed by atoms with van der Waals surface area (Å²) >= 11 is 0. The van der Waals surface area contributed by atoms with Gasteiger partial charge in [0.25, 0.3) is 0 Å². The minimum Gasteiger partial charge on any atom is -0.463 e. The molecule has 13 heavy (non-hydrogen) atoms. The van der Waals surface area contributed by atoms with Gasteiger partial charge in [-0.25, -0.2) is 4.79 Å². The van der Waals surface area contributed by atoms with E-state index in [9.17, 15) is 9.59 Å². The maximum absolute atomic E-state index is 10.7. The Bertz CT molecular complexity index is 176. The molecule has 0 aliphatic heterocycles. The Morgan fingerprint density at radius 2 is 1.85 bits per heavy atom. The molecule has 0 aromatic carbocycles. The molecule has 0 fully saturated rings. The van der Waals surface area contributed by atoms with Crippen LogP contribution in [0.1, 0.15) is 19.8 Å². The standard InChI is InChI=1S/C7H12O6/c1-5(8)4-12-6(9)2-3-7(10)13-11/h5,8,11H,2-4H2,1H3. The van der Waals surface area contributed by atoms with E-state index in [1.807, 2.05) is 0 Å². The molecule has 0 aromatic heterocycles. The Labute approximate surface area is 75.0 Å². The molecule has 0 heterocycles. The van der Waals surface area contributed by atoms with Crippen molar-refractivity contribution >= 4 is 11.9 Å². The summed E-state index contributed by atoms with van der Waals surface area (Å²) < 4.78 is 4.52. The molecular weight excluding hydrogens is 180 g/mol. The first-order valence-electron chi connectivity index (χ1n) is 3.74. The van der Waals surface area contributed by atoms with Gasteiger partial charge in [-0.05, 0) is 6.92 Å². The predicted molar refractivity (Wildman–Crippen MR) is 40.6 cm³/mol. The van der Waals surface area contributed by atoms with E-state index in [0.29, 0.717) is 0 Å². The van der Waals surface area contributed by atoms with Gasteiger partial charge in [-0.3, -0.25) is 4.79 Å². The van der Waals surface area contributed by atoms with Crippen LogP contribution in [-0.2, 0) is 19.2 Å². The third kappa shape index (κ3) is 7.23. The van der Waals surface area contributed by atoms with Crippen molar-refractivity contribution in [3.63, 3.8) is 0 Å². The highest BCUT2D eigenvalue weighted by atomic mass is 17.1. The van der Waals surface area contributed by atoms with E-state index in [-0.39, 0.29) is 19.4 Å². The first-order chi connectivity index (χ1) is 6.06. The monoisotopic (exact) mass is 192 g/mol. The molecule has 76 valence electrons. The summed E-state index contributed by atoms with van der Waals surface area (Å²) in [4.78, 5) is 24.4. The number of esters is 1. The second-order valence-corrected chi connectivity index (χ2v) is 2.50. The molecule has 2 N–H and O–H groups in total. The minimum atomic E-state index is -0.894. The van der Waals surface area contributed by atoms with Crippen molar-refractivity contribution in [3.05, 3.63) is 0 Å². The maximum Gasteiger partial charge on any atom is 0.342 e. The van der Waals surface area contributed by atoms with Crippen LogP contribution in [0, 0.1) is 0 Å². The lowest BCUT2D eigenvalue weighted by molar-refractivity contribution is -0.234. The summed E-state index contributed by atoms with van der Waals surface area (Å²) in [5, 5.41) is 16.5. The summed E-state index contributed by atoms with van der Waals surface area (Å²) in [5.41, 5.74) is 0. The van der Waals surface area contributed by atoms with Crippen LogP contribution in [0.25, 0.3) is 0 Å². The van der Waals surface area contributed by atoms with Crippen molar-refractivity contribution in [2.24, 2.45) is 0 Å². The molecule has 6 nitrogen and oxygen atoms in total. The number of carbonyl (C=O) groups excluding carboxylic acids is 2. The number of rotatable bonds is 5. The second-order valence-electron chi connectivity index (χ2n) is 2.50. The van der Waals surface area contributed by atoms with Crippen molar-refractivity contribution < 1.29 is 29.6 Å². The molecule has 6 heteroatoms. The normalized spacial score (nSPS) is 11.9. The smallest absolute Gasteiger partial charge is 0.342 e. The van der Waals surface area contributed by atoms with E-state index < -0.39 is 18.0 Å². The first-order valence-corrected chi connectivity index (χ1v) is 3.74. The number of carbonyl (C=O) groups is 2. The summed E-state index contributed by atoms with van der Waals surface area (Å²) in [7, 11) is 0. The Hall–Kier alpha value is -1.14. The van der Waals surface area contributed by atoms with Crippen LogP contribution in [0.5, 0.6) is 0 Å². The highest BCUT2D eigenvalue weighted by molar-refractivity contribution is 5.77. The number of aliphatic hydroxyl groups excluding tert-OH is 1. The zero-order valence-electron chi connectivity index (χ0n) is 7.23. The SMILES string of the molecule is CC(O)COC(=O)CCC(=O)OO. The zero-order chi connectivity index (χ0) is 10.3. The van der Waals surface area contributed by atoms with Gasteiger partial charge in [-0.1, -0.05) is 0 Å². The predicted octanol–water partition coefficient (Wildman–Crippen LogP) is -0.293. The highest BCUT2D eigenvalue weighted by Crippen LogP contribution is 1.95. The average molecular weight is 192 g/mol. The van der Waals surface area contributed by atoms with E-state index in [1.165, 1.54) is 6.92 Å². The molecule has 0 saturated heterocycles. The lowest BCUT2D eigenvalue weighted by Crippen LogP contribution is -2.16. The molecule has 1 unspecified atom stereocenters. The van der Waals surface area contributed by atoms with Gasteiger partial charge in [0, 0.05) is 0 Å². The Kier molecular flexibility index (Phi) is 5.82. The van der Waals surface area contributed by atoms with E-state index in [1.54, 1.807) is 0 Å². The van der Waals surface area contributed by atoms with Crippen LogP contribution in [0.2, 0.25) is 0 Å².